The van der Waals surface area contributed by atoms with Gasteiger partial charge in [-0.25, -0.2) is 4.39 Å². The second kappa shape index (κ2) is 5.56. The van der Waals surface area contributed by atoms with Crippen molar-refractivity contribution in [1.82, 2.24) is 4.90 Å². The minimum absolute atomic E-state index is 0.0135. The summed E-state index contributed by atoms with van der Waals surface area (Å²) in [4.78, 5) is 14.4. The first kappa shape index (κ1) is 13.6. The summed E-state index contributed by atoms with van der Waals surface area (Å²) in [6, 6.07) is 13.8. The lowest BCUT2D eigenvalue weighted by atomic mass is 10.0. The van der Waals surface area contributed by atoms with Gasteiger partial charge in [-0.2, -0.15) is 0 Å². The number of nitrogens with zero attached hydrogens (tertiary/aromatic N) is 1. The summed E-state index contributed by atoms with van der Waals surface area (Å²) in [5.74, 6) is -0.308. The van der Waals surface area contributed by atoms with Crippen molar-refractivity contribution < 1.29 is 9.18 Å². The van der Waals surface area contributed by atoms with Crippen molar-refractivity contribution in [2.75, 3.05) is 11.9 Å². The topological polar surface area (TPSA) is 32.3 Å². The Bertz CT molecular complexity index is 671. The molecular weight excluding hydrogens is 267 g/mol. The van der Waals surface area contributed by atoms with Gasteiger partial charge in [0.2, 0.25) is 0 Å². The molecule has 0 fully saturated rings. The molecule has 0 radical (unpaired) electrons. The first-order chi connectivity index (χ1) is 10.2. The summed E-state index contributed by atoms with van der Waals surface area (Å²) in [6.07, 6.45) is 0.518. The average Bonchev–Trinajstić information content (AvgIpc) is 2.50. The number of anilines is 1. The van der Waals surface area contributed by atoms with Crippen molar-refractivity contribution in [2.24, 2.45) is 0 Å². The molecule has 0 unspecified atom stereocenters. The Hall–Kier alpha value is -2.36. The third kappa shape index (κ3) is 2.49. The minimum Gasteiger partial charge on any atom is -0.361 e. The van der Waals surface area contributed by atoms with Crippen molar-refractivity contribution in [2.45, 2.75) is 19.5 Å². The van der Waals surface area contributed by atoms with Crippen LogP contribution in [0.1, 0.15) is 35.4 Å². The fourth-order valence-electron chi connectivity index (χ4n) is 2.70. The van der Waals surface area contributed by atoms with E-state index in [4.69, 9.17) is 0 Å². The second-order valence-corrected chi connectivity index (χ2v) is 5.15. The molecule has 0 aromatic heterocycles. The van der Waals surface area contributed by atoms with Crippen molar-refractivity contribution in [3.8, 4) is 0 Å². The van der Waals surface area contributed by atoms with Crippen LogP contribution in [-0.4, -0.2) is 17.4 Å². The summed E-state index contributed by atoms with van der Waals surface area (Å²) in [5.41, 5.74) is 2.22. The second-order valence-electron chi connectivity index (χ2n) is 5.15. The highest BCUT2D eigenvalue weighted by Crippen LogP contribution is 2.33. The highest BCUT2D eigenvalue weighted by molar-refractivity contribution is 6.01. The minimum atomic E-state index is -0.331. The first-order valence-corrected chi connectivity index (χ1v) is 7.12. The molecule has 0 aliphatic carbocycles. The lowest BCUT2D eigenvalue weighted by Gasteiger charge is -2.38. The lowest BCUT2D eigenvalue weighted by Crippen LogP contribution is -2.43. The quantitative estimate of drug-likeness (QED) is 0.929. The molecule has 2 aromatic rings. The van der Waals surface area contributed by atoms with Gasteiger partial charge in [0.05, 0.1) is 5.56 Å². The zero-order valence-corrected chi connectivity index (χ0v) is 11.8. The van der Waals surface area contributed by atoms with Crippen LogP contribution in [0.3, 0.4) is 0 Å². The number of rotatable bonds is 3. The number of benzene rings is 2. The maximum atomic E-state index is 13.5. The molecule has 21 heavy (non-hydrogen) atoms. The summed E-state index contributed by atoms with van der Waals surface area (Å²) >= 11 is 0. The molecule has 1 heterocycles. The predicted molar refractivity (Wildman–Crippen MR) is 80.5 cm³/mol. The molecule has 1 aliphatic heterocycles. The highest BCUT2D eigenvalue weighted by Gasteiger charge is 2.32. The number of para-hydroxylation sites is 1. The van der Waals surface area contributed by atoms with E-state index in [0.29, 0.717) is 12.1 Å². The molecule has 3 rings (SSSR count). The monoisotopic (exact) mass is 284 g/mol. The van der Waals surface area contributed by atoms with Crippen LogP contribution in [0, 0.1) is 5.82 Å². The van der Waals surface area contributed by atoms with Crippen LogP contribution in [-0.2, 0) is 0 Å². The van der Waals surface area contributed by atoms with Gasteiger partial charge >= 0.3 is 0 Å². The molecule has 1 N–H and O–H groups in total. The molecule has 0 bridgehead atoms. The standard InChI is InChI=1S/C17H17FN2O/c1-2-10-20-16(12-6-5-7-13(18)11-12)19-15-9-4-3-8-14(15)17(20)21/h3-9,11,16,19H,2,10H2,1H3/t16-/m0/s1. The Labute approximate surface area is 123 Å². The van der Waals surface area contributed by atoms with E-state index in [-0.39, 0.29) is 17.9 Å². The molecule has 1 atom stereocenters. The molecule has 0 saturated heterocycles. The van der Waals surface area contributed by atoms with E-state index < -0.39 is 0 Å². The largest absolute Gasteiger partial charge is 0.361 e. The van der Waals surface area contributed by atoms with Gasteiger partial charge in [-0.1, -0.05) is 31.2 Å². The summed E-state index contributed by atoms with van der Waals surface area (Å²) in [7, 11) is 0. The van der Waals surface area contributed by atoms with Gasteiger partial charge in [0.1, 0.15) is 12.0 Å². The van der Waals surface area contributed by atoms with Gasteiger partial charge in [0.15, 0.2) is 0 Å². The smallest absolute Gasteiger partial charge is 0.257 e. The maximum Gasteiger partial charge on any atom is 0.257 e. The van der Waals surface area contributed by atoms with E-state index in [9.17, 15) is 9.18 Å². The van der Waals surface area contributed by atoms with Gasteiger partial charge in [-0.3, -0.25) is 4.79 Å². The lowest BCUT2D eigenvalue weighted by molar-refractivity contribution is 0.0683. The van der Waals surface area contributed by atoms with E-state index in [0.717, 1.165) is 17.7 Å². The van der Waals surface area contributed by atoms with E-state index in [1.54, 1.807) is 11.0 Å². The molecular formula is C17H17FN2O. The van der Waals surface area contributed by atoms with E-state index in [2.05, 4.69) is 5.32 Å². The molecule has 1 amide bonds. The van der Waals surface area contributed by atoms with Crippen molar-refractivity contribution in [1.29, 1.82) is 0 Å². The maximum absolute atomic E-state index is 13.5. The van der Waals surface area contributed by atoms with Gasteiger partial charge in [0.25, 0.3) is 5.91 Å². The number of carbonyl (C=O) groups is 1. The molecule has 1 aliphatic rings. The summed E-state index contributed by atoms with van der Waals surface area (Å²) in [5, 5.41) is 3.34. The fraction of sp³-hybridized carbons (Fsp3) is 0.235. The van der Waals surface area contributed by atoms with Crippen LogP contribution in [0.25, 0.3) is 0 Å². The van der Waals surface area contributed by atoms with E-state index in [1.807, 2.05) is 37.3 Å². The zero-order chi connectivity index (χ0) is 14.8. The predicted octanol–water partition coefficient (Wildman–Crippen LogP) is 3.80. The zero-order valence-electron chi connectivity index (χ0n) is 11.8. The summed E-state index contributed by atoms with van der Waals surface area (Å²) in [6.45, 7) is 2.65. The Kier molecular flexibility index (Phi) is 3.60. The molecule has 0 spiro atoms. The van der Waals surface area contributed by atoms with Crippen molar-refractivity contribution in [3.63, 3.8) is 0 Å². The Morgan fingerprint density at radius 2 is 2.00 bits per heavy atom. The van der Waals surface area contributed by atoms with Gasteiger partial charge in [-0.05, 0) is 36.2 Å². The van der Waals surface area contributed by atoms with Gasteiger partial charge in [0, 0.05) is 12.2 Å². The van der Waals surface area contributed by atoms with Crippen LogP contribution >= 0.6 is 0 Å². The Balaban J connectivity index is 2.04. The molecule has 3 nitrogen and oxygen atoms in total. The molecule has 2 aromatic carbocycles. The van der Waals surface area contributed by atoms with Gasteiger partial charge < -0.3 is 10.2 Å². The van der Waals surface area contributed by atoms with Crippen molar-refractivity contribution in [3.05, 3.63) is 65.5 Å². The van der Waals surface area contributed by atoms with Crippen LogP contribution < -0.4 is 5.32 Å². The number of hydrogen-bond acceptors (Lipinski definition) is 2. The first-order valence-electron chi connectivity index (χ1n) is 7.12. The number of carbonyl (C=O) groups excluding carboxylic acids is 1. The molecule has 108 valence electrons. The molecule has 0 saturated carbocycles. The third-order valence-corrected chi connectivity index (χ3v) is 3.65. The normalized spacial score (nSPS) is 17.3. The van der Waals surface area contributed by atoms with E-state index in [1.165, 1.54) is 12.1 Å². The number of amides is 1. The average molecular weight is 284 g/mol. The van der Waals surface area contributed by atoms with Crippen LogP contribution in [0.2, 0.25) is 0 Å². The van der Waals surface area contributed by atoms with Gasteiger partial charge in [-0.15, -0.1) is 0 Å². The third-order valence-electron chi connectivity index (χ3n) is 3.65. The van der Waals surface area contributed by atoms with Crippen molar-refractivity contribution >= 4 is 11.6 Å². The Morgan fingerprint density at radius 1 is 1.19 bits per heavy atom. The summed E-state index contributed by atoms with van der Waals surface area (Å²) < 4.78 is 13.5. The number of nitrogens with one attached hydrogen (secondary N) is 1. The fourth-order valence-corrected chi connectivity index (χ4v) is 2.70. The Morgan fingerprint density at radius 3 is 2.76 bits per heavy atom. The van der Waals surface area contributed by atoms with Crippen LogP contribution in [0.5, 0.6) is 0 Å². The van der Waals surface area contributed by atoms with E-state index >= 15 is 0 Å². The number of fused-ring (bicyclic) bond motifs is 1. The number of hydrogen-bond donors (Lipinski definition) is 1. The highest BCUT2D eigenvalue weighted by atomic mass is 19.1. The van der Waals surface area contributed by atoms with Crippen LogP contribution in [0.15, 0.2) is 48.5 Å². The number of halogens is 1. The SMILES string of the molecule is CCCN1C(=O)c2ccccc2N[C@@H]1c1cccc(F)c1. The molecule has 4 heteroatoms. The van der Waals surface area contributed by atoms with Crippen LogP contribution in [0.4, 0.5) is 10.1 Å².